The van der Waals surface area contributed by atoms with Gasteiger partial charge < -0.3 is 5.32 Å². The lowest BCUT2D eigenvalue weighted by Gasteiger charge is -2.59. The molecular formula is C17H31NS. The summed E-state index contributed by atoms with van der Waals surface area (Å²) in [5.74, 6) is 5.35. The molecule has 0 spiro atoms. The summed E-state index contributed by atoms with van der Waals surface area (Å²) >= 11 is 1.98. The normalized spacial score (nSPS) is 43.4. The van der Waals surface area contributed by atoms with Gasteiger partial charge in [0.2, 0.25) is 0 Å². The minimum Gasteiger partial charge on any atom is -0.313 e. The molecule has 0 aromatic carbocycles. The Hall–Kier alpha value is 0.310. The van der Waals surface area contributed by atoms with Crippen LogP contribution >= 0.6 is 11.8 Å². The van der Waals surface area contributed by atoms with Crippen molar-refractivity contribution in [2.45, 2.75) is 58.4 Å². The van der Waals surface area contributed by atoms with Crippen LogP contribution in [0.4, 0.5) is 0 Å². The number of rotatable bonds is 6. The van der Waals surface area contributed by atoms with E-state index in [4.69, 9.17) is 0 Å². The smallest absolute Gasteiger partial charge is 0.00956 e. The van der Waals surface area contributed by atoms with Crippen LogP contribution in [0.3, 0.4) is 0 Å². The zero-order valence-electron chi connectivity index (χ0n) is 13.0. The molecule has 4 aliphatic carbocycles. The Bertz CT molecular complexity index is 279. The minimum absolute atomic E-state index is 0.674. The van der Waals surface area contributed by atoms with Crippen LogP contribution in [0.25, 0.3) is 0 Å². The van der Waals surface area contributed by atoms with Crippen molar-refractivity contribution >= 4 is 11.8 Å². The van der Waals surface area contributed by atoms with Crippen LogP contribution in [0, 0.1) is 29.1 Å². The standard InChI is InChI=1S/C17H31NS/c1-12(11-19-3)10-18-13(2)17-7-14-4-15(8-17)6-16(5-14)9-17/h12-16,18H,4-11H2,1-3H3. The van der Waals surface area contributed by atoms with E-state index in [-0.39, 0.29) is 0 Å². The fraction of sp³-hybridized carbons (Fsp3) is 1.00. The molecule has 1 nitrogen and oxygen atoms in total. The first-order chi connectivity index (χ1) is 9.11. The molecular weight excluding hydrogens is 250 g/mol. The van der Waals surface area contributed by atoms with E-state index >= 15 is 0 Å². The van der Waals surface area contributed by atoms with Gasteiger partial charge in [0.15, 0.2) is 0 Å². The first-order valence-corrected chi connectivity index (χ1v) is 9.73. The molecule has 0 aromatic heterocycles. The molecule has 0 amide bonds. The third-order valence-electron chi connectivity index (χ3n) is 6.23. The molecule has 4 fully saturated rings. The second-order valence-electron chi connectivity index (χ2n) is 7.97. The summed E-state index contributed by atoms with van der Waals surface area (Å²) in [5, 5.41) is 3.91. The zero-order chi connectivity index (χ0) is 13.5. The topological polar surface area (TPSA) is 12.0 Å². The van der Waals surface area contributed by atoms with Crippen LogP contribution in [-0.2, 0) is 0 Å². The fourth-order valence-corrected chi connectivity index (χ4v) is 6.33. The summed E-state index contributed by atoms with van der Waals surface area (Å²) in [6, 6.07) is 0.741. The van der Waals surface area contributed by atoms with Gasteiger partial charge in [-0.3, -0.25) is 0 Å². The molecule has 4 rings (SSSR count). The van der Waals surface area contributed by atoms with Gasteiger partial charge in [-0.25, -0.2) is 0 Å². The molecule has 0 saturated heterocycles. The number of thioether (sulfide) groups is 1. The molecule has 4 saturated carbocycles. The van der Waals surface area contributed by atoms with Crippen molar-refractivity contribution in [3.8, 4) is 0 Å². The van der Waals surface area contributed by atoms with Crippen molar-refractivity contribution < 1.29 is 0 Å². The van der Waals surface area contributed by atoms with Crippen molar-refractivity contribution in [2.75, 3.05) is 18.6 Å². The first-order valence-electron chi connectivity index (χ1n) is 8.33. The molecule has 110 valence electrons. The Kier molecular flexibility index (Phi) is 4.20. The van der Waals surface area contributed by atoms with Gasteiger partial charge in [0.1, 0.15) is 0 Å². The summed E-state index contributed by atoms with van der Waals surface area (Å²) in [4.78, 5) is 0. The molecule has 19 heavy (non-hydrogen) atoms. The van der Waals surface area contributed by atoms with E-state index in [1.54, 1.807) is 19.3 Å². The molecule has 2 heteroatoms. The predicted octanol–water partition coefficient (Wildman–Crippen LogP) is 4.18. The van der Waals surface area contributed by atoms with Crippen LogP contribution < -0.4 is 5.32 Å². The zero-order valence-corrected chi connectivity index (χ0v) is 13.8. The third kappa shape index (κ3) is 2.85. The van der Waals surface area contributed by atoms with Gasteiger partial charge in [-0.2, -0.15) is 11.8 Å². The molecule has 0 radical (unpaired) electrons. The number of hydrogen-bond acceptors (Lipinski definition) is 2. The van der Waals surface area contributed by atoms with Crippen molar-refractivity contribution in [1.29, 1.82) is 0 Å². The Morgan fingerprint density at radius 1 is 1.05 bits per heavy atom. The van der Waals surface area contributed by atoms with E-state index in [9.17, 15) is 0 Å². The molecule has 0 aliphatic heterocycles. The van der Waals surface area contributed by atoms with Crippen LogP contribution in [0.5, 0.6) is 0 Å². The Labute approximate surface area is 123 Å². The van der Waals surface area contributed by atoms with Crippen LogP contribution in [-0.4, -0.2) is 24.6 Å². The summed E-state index contributed by atoms with van der Waals surface area (Å²) < 4.78 is 0. The monoisotopic (exact) mass is 281 g/mol. The van der Waals surface area contributed by atoms with Crippen molar-refractivity contribution in [3.63, 3.8) is 0 Å². The lowest BCUT2D eigenvalue weighted by atomic mass is 9.48. The predicted molar refractivity (Wildman–Crippen MR) is 85.6 cm³/mol. The van der Waals surface area contributed by atoms with Gasteiger partial charge in [-0.05, 0) is 93.1 Å². The summed E-state index contributed by atoms with van der Waals surface area (Å²) in [6.45, 7) is 6.08. The van der Waals surface area contributed by atoms with E-state index < -0.39 is 0 Å². The highest BCUT2D eigenvalue weighted by Gasteiger charge is 2.52. The third-order valence-corrected chi connectivity index (χ3v) is 7.13. The van der Waals surface area contributed by atoms with E-state index in [1.165, 1.54) is 31.6 Å². The largest absolute Gasteiger partial charge is 0.313 e. The summed E-state index contributed by atoms with van der Waals surface area (Å²) in [5.41, 5.74) is 0.674. The second-order valence-corrected chi connectivity index (χ2v) is 8.88. The van der Waals surface area contributed by atoms with Crippen LogP contribution in [0.2, 0.25) is 0 Å². The van der Waals surface area contributed by atoms with Crippen molar-refractivity contribution in [1.82, 2.24) is 5.32 Å². The van der Waals surface area contributed by atoms with Gasteiger partial charge in [0, 0.05) is 6.04 Å². The molecule has 2 atom stereocenters. The average molecular weight is 282 g/mol. The highest BCUT2D eigenvalue weighted by molar-refractivity contribution is 7.98. The fourth-order valence-electron chi connectivity index (χ4n) is 5.65. The Balaban J connectivity index is 1.58. The maximum absolute atomic E-state index is 3.91. The maximum atomic E-state index is 3.91. The highest BCUT2D eigenvalue weighted by Crippen LogP contribution is 2.61. The van der Waals surface area contributed by atoms with Gasteiger partial charge in [0.25, 0.3) is 0 Å². The van der Waals surface area contributed by atoms with Gasteiger partial charge in [-0.15, -0.1) is 0 Å². The summed E-state index contributed by atoms with van der Waals surface area (Å²) in [7, 11) is 0. The van der Waals surface area contributed by atoms with E-state index in [2.05, 4.69) is 25.4 Å². The van der Waals surface area contributed by atoms with E-state index in [1.807, 2.05) is 11.8 Å². The molecule has 0 heterocycles. The SMILES string of the molecule is CSCC(C)CNC(C)C12CC3CC(CC(C3)C1)C2. The van der Waals surface area contributed by atoms with E-state index in [0.29, 0.717) is 5.41 Å². The number of nitrogens with one attached hydrogen (secondary N) is 1. The Morgan fingerprint density at radius 2 is 1.58 bits per heavy atom. The van der Waals surface area contributed by atoms with Gasteiger partial charge >= 0.3 is 0 Å². The Morgan fingerprint density at radius 3 is 2.05 bits per heavy atom. The highest BCUT2D eigenvalue weighted by atomic mass is 32.2. The number of hydrogen-bond donors (Lipinski definition) is 1. The maximum Gasteiger partial charge on any atom is 0.00956 e. The summed E-state index contributed by atoms with van der Waals surface area (Å²) in [6.07, 6.45) is 11.5. The molecule has 2 unspecified atom stereocenters. The quantitative estimate of drug-likeness (QED) is 0.784. The van der Waals surface area contributed by atoms with Gasteiger partial charge in [-0.1, -0.05) is 6.92 Å². The molecule has 4 aliphatic rings. The average Bonchev–Trinajstić information content (AvgIpc) is 2.34. The molecule has 4 bridgehead atoms. The van der Waals surface area contributed by atoms with E-state index in [0.717, 1.165) is 29.7 Å². The lowest BCUT2D eigenvalue weighted by molar-refractivity contribution is -0.0706. The van der Waals surface area contributed by atoms with Crippen LogP contribution in [0.1, 0.15) is 52.4 Å². The van der Waals surface area contributed by atoms with Crippen molar-refractivity contribution in [2.24, 2.45) is 29.1 Å². The minimum atomic E-state index is 0.674. The van der Waals surface area contributed by atoms with Gasteiger partial charge in [0.05, 0.1) is 0 Å². The second kappa shape index (κ2) is 5.60. The van der Waals surface area contributed by atoms with Crippen LogP contribution in [0.15, 0.2) is 0 Å². The van der Waals surface area contributed by atoms with Crippen molar-refractivity contribution in [3.05, 3.63) is 0 Å². The molecule has 1 N–H and O–H groups in total. The first kappa shape index (κ1) is 14.3. The molecule has 0 aromatic rings. The lowest BCUT2D eigenvalue weighted by Crippen LogP contribution is -2.55.